The van der Waals surface area contributed by atoms with E-state index in [-0.39, 0.29) is 0 Å². The van der Waals surface area contributed by atoms with E-state index in [9.17, 15) is 27.1 Å². The van der Waals surface area contributed by atoms with Crippen molar-refractivity contribution < 1.29 is 31.8 Å². The van der Waals surface area contributed by atoms with Gasteiger partial charge in [-0.15, -0.1) is 13.2 Å². The SMILES string of the molecule is N[C@H](c1cccc(OC(F)(F)F)c1O)C(F)F. The highest BCUT2D eigenvalue weighted by molar-refractivity contribution is 5.47. The highest BCUT2D eigenvalue weighted by atomic mass is 19.4. The Balaban J connectivity index is 3.07. The van der Waals surface area contributed by atoms with E-state index >= 15 is 0 Å². The molecule has 3 N–H and O–H groups in total. The van der Waals surface area contributed by atoms with E-state index in [0.29, 0.717) is 0 Å². The lowest BCUT2D eigenvalue weighted by atomic mass is 10.1. The van der Waals surface area contributed by atoms with Crippen LogP contribution in [0.3, 0.4) is 0 Å². The van der Waals surface area contributed by atoms with Crippen molar-refractivity contribution in [2.24, 2.45) is 5.73 Å². The van der Waals surface area contributed by atoms with Gasteiger partial charge in [0.25, 0.3) is 6.43 Å². The highest BCUT2D eigenvalue weighted by Crippen LogP contribution is 2.37. The second kappa shape index (κ2) is 4.74. The van der Waals surface area contributed by atoms with Crippen LogP contribution in [0.2, 0.25) is 0 Å². The summed E-state index contributed by atoms with van der Waals surface area (Å²) in [6, 6.07) is 0.935. The summed E-state index contributed by atoms with van der Waals surface area (Å²) in [5.41, 5.74) is 4.51. The van der Waals surface area contributed by atoms with E-state index in [4.69, 9.17) is 5.73 Å². The molecule has 8 heteroatoms. The molecule has 0 saturated carbocycles. The highest BCUT2D eigenvalue weighted by Gasteiger charge is 2.33. The van der Waals surface area contributed by atoms with E-state index in [2.05, 4.69) is 4.74 Å². The Morgan fingerprint density at radius 3 is 2.29 bits per heavy atom. The van der Waals surface area contributed by atoms with Crippen molar-refractivity contribution in [3.8, 4) is 11.5 Å². The summed E-state index contributed by atoms with van der Waals surface area (Å²) in [5.74, 6) is -2.01. The number of aromatic hydroxyl groups is 1. The van der Waals surface area contributed by atoms with Crippen LogP contribution < -0.4 is 10.5 Å². The van der Waals surface area contributed by atoms with Gasteiger partial charge >= 0.3 is 6.36 Å². The van der Waals surface area contributed by atoms with Gasteiger partial charge < -0.3 is 15.6 Å². The number of rotatable bonds is 3. The van der Waals surface area contributed by atoms with Crippen molar-refractivity contribution in [1.29, 1.82) is 0 Å². The Morgan fingerprint density at radius 2 is 1.82 bits per heavy atom. The third-order valence-electron chi connectivity index (χ3n) is 1.89. The molecule has 0 fully saturated rings. The Morgan fingerprint density at radius 1 is 1.24 bits per heavy atom. The number of para-hydroxylation sites is 1. The molecular formula is C9H8F5NO2. The van der Waals surface area contributed by atoms with Gasteiger partial charge in [0.1, 0.15) is 0 Å². The number of benzene rings is 1. The Bertz CT molecular complexity index is 393. The van der Waals surface area contributed by atoms with Gasteiger partial charge in [-0.1, -0.05) is 12.1 Å². The smallest absolute Gasteiger partial charge is 0.504 e. The monoisotopic (exact) mass is 257 g/mol. The Hall–Kier alpha value is -1.57. The number of ether oxygens (including phenoxy) is 1. The molecule has 0 amide bonds. The van der Waals surface area contributed by atoms with Crippen molar-refractivity contribution in [2.45, 2.75) is 18.8 Å². The molecule has 0 aliphatic heterocycles. The molecule has 3 nitrogen and oxygen atoms in total. The van der Waals surface area contributed by atoms with Gasteiger partial charge in [0.05, 0.1) is 6.04 Å². The predicted octanol–water partition coefficient (Wildman–Crippen LogP) is 2.56. The van der Waals surface area contributed by atoms with Crippen LogP contribution in [0.15, 0.2) is 18.2 Å². The molecule has 0 aliphatic rings. The third kappa shape index (κ3) is 3.45. The van der Waals surface area contributed by atoms with E-state index in [1.807, 2.05) is 0 Å². The van der Waals surface area contributed by atoms with Gasteiger partial charge in [-0.25, -0.2) is 8.78 Å². The molecule has 0 heterocycles. The molecule has 0 spiro atoms. The zero-order valence-corrected chi connectivity index (χ0v) is 8.21. The number of hydrogen-bond acceptors (Lipinski definition) is 3. The first-order valence-electron chi connectivity index (χ1n) is 4.33. The average Bonchev–Trinajstić information content (AvgIpc) is 2.18. The van der Waals surface area contributed by atoms with Crippen LogP contribution in [0.5, 0.6) is 11.5 Å². The lowest BCUT2D eigenvalue weighted by molar-refractivity contribution is -0.275. The molecule has 0 unspecified atom stereocenters. The fourth-order valence-corrected chi connectivity index (χ4v) is 1.15. The van der Waals surface area contributed by atoms with Crippen molar-refractivity contribution in [1.82, 2.24) is 0 Å². The molecule has 1 aromatic carbocycles. The Labute approximate surface area is 92.6 Å². The van der Waals surface area contributed by atoms with Crippen molar-refractivity contribution in [3.05, 3.63) is 23.8 Å². The molecule has 1 atom stereocenters. The average molecular weight is 257 g/mol. The van der Waals surface area contributed by atoms with Gasteiger partial charge in [0, 0.05) is 5.56 Å². The summed E-state index contributed by atoms with van der Waals surface area (Å²) in [7, 11) is 0. The van der Waals surface area contributed by atoms with E-state index < -0.39 is 35.9 Å². The fraction of sp³-hybridized carbons (Fsp3) is 0.333. The van der Waals surface area contributed by atoms with Crippen LogP contribution in [0, 0.1) is 0 Å². The summed E-state index contributed by atoms with van der Waals surface area (Å²) >= 11 is 0. The third-order valence-corrected chi connectivity index (χ3v) is 1.89. The first kappa shape index (κ1) is 13.5. The number of halogens is 5. The van der Waals surface area contributed by atoms with E-state index in [1.54, 1.807) is 0 Å². The molecule has 0 bridgehead atoms. The number of phenols is 1. The predicted molar refractivity (Wildman–Crippen MR) is 47.7 cm³/mol. The molecule has 96 valence electrons. The quantitative estimate of drug-likeness (QED) is 0.818. The number of phenolic OH excluding ortho intramolecular Hbond substituents is 1. The number of hydrogen-bond donors (Lipinski definition) is 2. The zero-order chi connectivity index (χ0) is 13.2. The van der Waals surface area contributed by atoms with Gasteiger partial charge in [-0.05, 0) is 6.07 Å². The van der Waals surface area contributed by atoms with E-state index in [0.717, 1.165) is 18.2 Å². The minimum atomic E-state index is -5.02. The maximum absolute atomic E-state index is 12.3. The molecule has 1 aromatic rings. The van der Waals surface area contributed by atoms with Crippen LogP contribution in [-0.4, -0.2) is 17.9 Å². The van der Waals surface area contributed by atoms with Gasteiger partial charge in [-0.2, -0.15) is 0 Å². The van der Waals surface area contributed by atoms with Crippen molar-refractivity contribution in [2.75, 3.05) is 0 Å². The number of alkyl halides is 5. The molecule has 17 heavy (non-hydrogen) atoms. The maximum Gasteiger partial charge on any atom is 0.573 e. The second-order valence-corrected chi connectivity index (χ2v) is 3.10. The largest absolute Gasteiger partial charge is 0.573 e. The summed E-state index contributed by atoms with van der Waals surface area (Å²) in [6.07, 6.45) is -8.03. The first-order chi connectivity index (χ1) is 7.72. The van der Waals surface area contributed by atoms with Crippen molar-refractivity contribution in [3.63, 3.8) is 0 Å². The van der Waals surface area contributed by atoms with Gasteiger partial charge in [0.2, 0.25) is 0 Å². The lowest BCUT2D eigenvalue weighted by Crippen LogP contribution is -2.20. The molecule has 0 aromatic heterocycles. The molecule has 0 radical (unpaired) electrons. The fourth-order valence-electron chi connectivity index (χ4n) is 1.15. The summed E-state index contributed by atoms with van der Waals surface area (Å²) in [5, 5.41) is 9.33. The maximum atomic E-state index is 12.3. The minimum absolute atomic E-state index is 0.512. The topological polar surface area (TPSA) is 55.5 Å². The van der Waals surface area contributed by atoms with Crippen LogP contribution in [0.25, 0.3) is 0 Å². The van der Waals surface area contributed by atoms with Crippen LogP contribution in [0.4, 0.5) is 22.0 Å². The molecule has 1 rings (SSSR count). The van der Waals surface area contributed by atoms with Gasteiger partial charge in [0.15, 0.2) is 11.5 Å². The summed E-state index contributed by atoms with van der Waals surface area (Å²) in [6.45, 7) is 0. The molecular weight excluding hydrogens is 249 g/mol. The molecule has 0 saturated heterocycles. The van der Waals surface area contributed by atoms with Crippen LogP contribution >= 0.6 is 0 Å². The van der Waals surface area contributed by atoms with Gasteiger partial charge in [-0.3, -0.25) is 0 Å². The second-order valence-electron chi connectivity index (χ2n) is 3.10. The first-order valence-corrected chi connectivity index (χ1v) is 4.33. The van der Waals surface area contributed by atoms with Crippen LogP contribution in [0.1, 0.15) is 11.6 Å². The standard InChI is InChI=1S/C9H8F5NO2/c10-8(11)6(15)4-2-1-3-5(7(4)16)17-9(12,13)14/h1-3,6,8,16H,15H2/t6-/m1/s1. The summed E-state index contributed by atoms with van der Waals surface area (Å²) in [4.78, 5) is 0. The molecule has 0 aliphatic carbocycles. The zero-order valence-electron chi connectivity index (χ0n) is 8.21. The van der Waals surface area contributed by atoms with Crippen molar-refractivity contribution >= 4 is 0 Å². The Kier molecular flexibility index (Phi) is 3.76. The lowest BCUT2D eigenvalue weighted by Gasteiger charge is -2.16. The minimum Gasteiger partial charge on any atom is -0.504 e. The van der Waals surface area contributed by atoms with E-state index in [1.165, 1.54) is 0 Å². The number of nitrogens with two attached hydrogens (primary N) is 1. The normalized spacial score (nSPS) is 13.8. The summed E-state index contributed by atoms with van der Waals surface area (Å²) < 4.78 is 63.7. The van der Waals surface area contributed by atoms with Crippen LogP contribution in [-0.2, 0) is 0 Å².